The Labute approximate surface area is 95.4 Å². The van der Waals surface area contributed by atoms with Crippen molar-refractivity contribution in [2.24, 2.45) is 0 Å². The molecule has 1 aromatic rings. The lowest BCUT2D eigenvalue weighted by molar-refractivity contribution is 0.0957. The van der Waals surface area contributed by atoms with E-state index in [1.807, 2.05) is 6.92 Å². The van der Waals surface area contributed by atoms with Crippen LogP contribution in [-0.4, -0.2) is 27.4 Å². The Kier molecular flexibility index (Phi) is 5.03. The number of nitrogens with one attached hydrogen (secondary N) is 1. The molecule has 0 unspecified atom stereocenters. The zero-order chi connectivity index (χ0) is 10.4. The Morgan fingerprint density at radius 2 is 2.43 bits per heavy atom. The van der Waals surface area contributed by atoms with Gasteiger partial charge in [-0.25, -0.2) is 0 Å². The monoisotopic (exact) mass is 277 g/mol. The molecule has 0 radical (unpaired) electrons. The maximum atomic E-state index is 11.6. The number of aromatic nitrogens is 2. The summed E-state index contributed by atoms with van der Waals surface area (Å²) in [5.74, 6) is -0.0576. The van der Waals surface area contributed by atoms with E-state index in [1.165, 1.54) is 0 Å². The smallest absolute Gasteiger partial charge is 0.264 e. The van der Waals surface area contributed by atoms with Crippen molar-refractivity contribution in [3.8, 4) is 0 Å². The zero-order valence-electron chi connectivity index (χ0n) is 7.92. The van der Waals surface area contributed by atoms with Crippen LogP contribution >= 0.6 is 27.5 Å². The fraction of sp³-hybridized carbons (Fsp3) is 0.625. The second kappa shape index (κ2) is 6.08. The van der Waals surface area contributed by atoms with Crippen molar-refractivity contribution in [1.82, 2.24) is 14.9 Å². The van der Waals surface area contributed by atoms with Gasteiger partial charge in [-0.2, -0.15) is 0 Å². The quantitative estimate of drug-likeness (QED) is 0.657. The zero-order valence-corrected chi connectivity index (χ0v) is 10.3. The molecule has 14 heavy (non-hydrogen) atoms. The second-order valence-corrected chi connectivity index (χ2v) is 4.25. The van der Waals surface area contributed by atoms with Crippen LogP contribution in [0.25, 0.3) is 0 Å². The van der Waals surface area contributed by atoms with Gasteiger partial charge in [-0.1, -0.05) is 27.3 Å². The number of carbonyl (C=O) groups excluding carboxylic acids is 1. The van der Waals surface area contributed by atoms with Crippen LogP contribution in [0, 0.1) is 0 Å². The van der Waals surface area contributed by atoms with E-state index in [9.17, 15) is 4.79 Å². The first kappa shape index (κ1) is 11.6. The van der Waals surface area contributed by atoms with E-state index in [0.29, 0.717) is 11.4 Å². The molecule has 0 saturated carbocycles. The van der Waals surface area contributed by atoms with E-state index in [2.05, 4.69) is 30.8 Å². The maximum absolute atomic E-state index is 11.6. The summed E-state index contributed by atoms with van der Waals surface area (Å²) in [6, 6.07) is 0. The largest absolute Gasteiger partial charge is 0.351 e. The summed E-state index contributed by atoms with van der Waals surface area (Å²) >= 11 is 4.46. The average molecular weight is 278 g/mol. The molecule has 0 fully saturated rings. The predicted octanol–water partition coefficient (Wildman–Crippen LogP) is 1.62. The van der Waals surface area contributed by atoms with Gasteiger partial charge in [0, 0.05) is 11.9 Å². The van der Waals surface area contributed by atoms with Crippen molar-refractivity contribution in [3.05, 3.63) is 10.6 Å². The molecule has 0 spiro atoms. The first-order valence-electron chi connectivity index (χ1n) is 4.45. The van der Waals surface area contributed by atoms with E-state index in [-0.39, 0.29) is 5.91 Å². The van der Waals surface area contributed by atoms with Gasteiger partial charge in [0.05, 0.1) is 5.69 Å². The number of carbonyl (C=O) groups is 1. The maximum Gasteiger partial charge on any atom is 0.264 e. The van der Waals surface area contributed by atoms with Gasteiger partial charge in [0.1, 0.15) is 4.88 Å². The molecule has 4 nitrogen and oxygen atoms in total. The summed E-state index contributed by atoms with van der Waals surface area (Å²) in [5, 5.41) is 7.60. The molecule has 0 atom stereocenters. The lowest BCUT2D eigenvalue weighted by Crippen LogP contribution is -2.24. The number of rotatable bonds is 5. The van der Waals surface area contributed by atoms with E-state index >= 15 is 0 Å². The number of hydrogen-bond donors (Lipinski definition) is 1. The van der Waals surface area contributed by atoms with Crippen LogP contribution < -0.4 is 5.32 Å². The fourth-order valence-electron chi connectivity index (χ4n) is 0.961. The number of aryl methyl sites for hydroxylation is 1. The molecular weight excluding hydrogens is 266 g/mol. The summed E-state index contributed by atoms with van der Waals surface area (Å²) in [4.78, 5) is 12.2. The van der Waals surface area contributed by atoms with Crippen molar-refractivity contribution < 1.29 is 4.79 Å². The fourth-order valence-corrected chi connectivity index (χ4v) is 1.91. The van der Waals surface area contributed by atoms with E-state index in [1.54, 1.807) is 0 Å². The van der Waals surface area contributed by atoms with Gasteiger partial charge in [-0.15, -0.1) is 5.10 Å². The van der Waals surface area contributed by atoms with Gasteiger partial charge >= 0.3 is 0 Å². The molecular formula is C8H12BrN3OS. The summed E-state index contributed by atoms with van der Waals surface area (Å²) in [7, 11) is 0. The minimum Gasteiger partial charge on any atom is -0.351 e. The molecule has 0 aliphatic carbocycles. The Hall–Kier alpha value is -0.490. The van der Waals surface area contributed by atoms with E-state index in [4.69, 9.17) is 0 Å². The summed E-state index contributed by atoms with van der Waals surface area (Å²) in [5.41, 5.74) is 0.784. The first-order valence-corrected chi connectivity index (χ1v) is 6.34. The third kappa shape index (κ3) is 3.02. The summed E-state index contributed by atoms with van der Waals surface area (Å²) < 4.78 is 3.76. The molecule has 78 valence electrons. The van der Waals surface area contributed by atoms with Crippen LogP contribution in [0.3, 0.4) is 0 Å². The molecule has 0 bridgehead atoms. The highest BCUT2D eigenvalue weighted by Gasteiger charge is 2.13. The van der Waals surface area contributed by atoms with Crippen LogP contribution in [0.15, 0.2) is 0 Å². The van der Waals surface area contributed by atoms with Crippen molar-refractivity contribution in [3.63, 3.8) is 0 Å². The Balaban J connectivity index is 2.51. The lowest BCUT2D eigenvalue weighted by Gasteiger charge is -2.01. The molecule has 0 saturated heterocycles. The minimum absolute atomic E-state index is 0.0576. The molecule has 1 aromatic heterocycles. The van der Waals surface area contributed by atoms with E-state index in [0.717, 1.165) is 35.4 Å². The number of halogens is 1. The van der Waals surface area contributed by atoms with Gasteiger partial charge < -0.3 is 5.32 Å². The molecule has 1 heterocycles. The molecule has 1 rings (SSSR count). The topological polar surface area (TPSA) is 54.9 Å². The molecule has 0 aromatic carbocycles. The van der Waals surface area contributed by atoms with Crippen molar-refractivity contribution in [2.45, 2.75) is 19.8 Å². The standard InChI is InChI=1S/C8H12BrN3OS/c1-2-6-7(14-12-11-6)8(13)10-5-3-4-9/h2-5H2,1H3,(H,10,13). The molecule has 1 amide bonds. The molecule has 0 aliphatic rings. The van der Waals surface area contributed by atoms with Crippen LogP contribution in [-0.2, 0) is 6.42 Å². The van der Waals surface area contributed by atoms with Gasteiger partial charge in [0.15, 0.2) is 0 Å². The van der Waals surface area contributed by atoms with Gasteiger partial charge in [0.2, 0.25) is 0 Å². The SMILES string of the molecule is CCc1nnsc1C(=O)NCCCBr. The third-order valence-electron chi connectivity index (χ3n) is 1.69. The van der Waals surface area contributed by atoms with Crippen molar-refractivity contribution >= 4 is 33.4 Å². The second-order valence-electron chi connectivity index (χ2n) is 2.70. The minimum atomic E-state index is -0.0576. The van der Waals surface area contributed by atoms with Gasteiger partial charge in [0.25, 0.3) is 5.91 Å². The number of hydrogen-bond acceptors (Lipinski definition) is 4. The lowest BCUT2D eigenvalue weighted by atomic mass is 10.3. The van der Waals surface area contributed by atoms with Crippen LogP contribution in [0.1, 0.15) is 28.7 Å². The number of alkyl halides is 1. The predicted molar refractivity (Wildman–Crippen MR) is 60.0 cm³/mol. The van der Waals surface area contributed by atoms with Crippen LogP contribution in [0.4, 0.5) is 0 Å². The highest BCUT2D eigenvalue weighted by atomic mass is 79.9. The van der Waals surface area contributed by atoms with Crippen LogP contribution in [0.2, 0.25) is 0 Å². The van der Waals surface area contributed by atoms with Gasteiger partial charge in [-0.05, 0) is 24.4 Å². The normalized spacial score (nSPS) is 10.1. The third-order valence-corrected chi connectivity index (χ3v) is 3.02. The molecule has 0 aliphatic heterocycles. The Morgan fingerprint density at radius 1 is 1.64 bits per heavy atom. The van der Waals surface area contributed by atoms with Crippen LogP contribution in [0.5, 0.6) is 0 Å². The summed E-state index contributed by atoms with van der Waals surface area (Å²) in [6.07, 6.45) is 1.68. The molecule has 6 heteroatoms. The first-order chi connectivity index (χ1) is 6.79. The Morgan fingerprint density at radius 3 is 3.07 bits per heavy atom. The summed E-state index contributed by atoms with van der Waals surface area (Å²) in [6.45, 7) is 2.65. The Bertz CT molecular complexity index is 303. The number of nitrogens with zero attached hydrogens (tertiary/aromatic N) is 2. The highest BCUT2D eigenvalue weighted by Crippen LogP contribution is 2.10. The van der Waals surface area contributed by atoms with Gasteiger partial charge in [-0.3, -0.25) is 4.79 Å². The number of amides is 1. The van der Waals surface area contributed by atoms with Crippen molar-refractivity contribution in [1.29, 1.82) is 0 Å². The highest BCUT2D eigenvalue weighted by molar-refractivity contribution is 9.09. The average Bonchev–Trinajstić information content (AvgIpc) is 2.65. The molecule has 1 N–H and O–H groups in total. The van der Waals surface area contributed by atoms with Crippen molar-refractivity contribution in [2.75, 3.05) is 11.9 Å². The van der Waals surface area contributed by atoms with E-state index < -0.39 is 0 Å².